The first-order valence-electron chi connectivity index (χ1n) is 13.7. The minimum Gasteiger partial charge on any atom is -0.393 e. The second-order valence-electron chi connectivity index (χ2n) is 11.9. The van der Waals surface area contributed by atoms with Crippen molar-refractivity contribution >= 4 is 13.9 Å². The summed E-state index contributed by atoms with van der Waals surface area (Å²) < 4.78 is 0. The highest BCUT2D eigenvalue weighted by molar-refractivity contribution is 6.81. The Labute approximate surface area is 212 Å². The van der Waals surface area contributed by atoms with E-state index in [0.717, 1.165) is 32.1 Å². The minimum atomic E-state index is -2.32. The van der Waals surface area contributed by atoms with Crippen molar-refractivity contribution in [3.05, 3.63) is 24.3 Å². The van der Waals surface area contributed by atoms with Gasteiger partial charge >= 0.3 is 0 Å². The molecule has 0 fully saturated rings. The van der Waals surface area contributed by atoms with Crippen LogP contribution in [0.2, 0.25) is 18.1 Å². The average Bonchev–Trinajstić information content (AvgIpc) is 2.74. The van der Waals surface area contributed by atoms with Crippen molar-refractivity contribution in [1.29, 1.82) is 0 Å². The van der Waals surface area contributed by atoms with E-state index in [1.807, 2.05) is 19.0 Å². The van der Waals surface area contributed by atoms with E-state index in [0.29, 0.717) is 6.42 Å². The fourth-order valence-electron chi connectivity index (χ4n) is 4.13. The predicted octanol–water partition coefficient (Wildman–Crippen LogP) is 7.07. The van der Waals surface area contributed by atoms with Gasteiger partial charge in [-0.05, 0) is 57.7 Å². The van der Waals surface area contributed by atoms with Crippen LogP contribution in [-0.2, 0) is 4.79 Å². The number of likely N-dealkylation sites (N-methyl/N-ethyl adjacent to an activating group) is 1. The van der Waals surface area contributed by atoms with Crippen LogP contribution in [-0.4, -0.2) is 60.9 Å². The number of hydrogen-bond acceptors (Lipinski definition) is 4. The molecule has 0 aromatic rings. The number of aliphatic hydroxyl groups excluding tert-OH is 1. The summed E-state index contributed by atoms with van der Waals surface area (Å²) in [6.45, 7) is 12.9. The zero-order valence-electron chi connectivity index (χ0n) is 23.8. The van der Waals surface area contributed by atoms with Gasteiger partial charge < -0.3 is 15.1 Å². The zero-order chi connectivity index (χ0) is 26.3. The molecule has 0 aliphatic carbocycles. The Morgan fingerprint density at radius 1 is 0.882 bits per heavy atom. The monoisotopic (exact) mass is 495 g/mol. The van der Waals surface area contributed by atoms with Crippen LogP contribution in [0.25, 0.3) is 0 Å². The maximum Gasteiger partial charge on any atom is 0.168 e. The highest BCUT2D eigenvalue weighted by Crippen LogP contribution is 2.41. The highest BCUT2D eigenvalue weighted by Gasteiger charge is 2.54. The molecule has 34 heavy (non-hydrogen) atoms. The lowest BCUT2D eigenvalue weighted by Crippen LogP contribution is -2.67. The number of hydrogen-bond donors (Lipinski definition) is 2. The van der Waals surface area contributed by atoms with Crippen molar-refractivity contribution in [3.8, 4) is 0 Å². The number of carbonyl (C=O) groups excluding carboxylic acids is 1. The summed E-state index contributed by atoms with van der Waals surface area (Å²) in [6.07, 6.45) is 21.9. The van der Waals surface area contributed by atoms with Crippen LogP contribution >= 0.6 is 0 Å². The third-order valence-electron chi connectivity index (χ3n) is 7.46. The molecular weight excluding hydrogens is 438 g/mol. The van der Waals surface area contributed by atoms with Gasteiger partial charge in [-0.3, -0.25) is 4.79 Å². The van der Waals surface area contributed by atoms with Crippen LogP contribution in [0.1, 0.15) is 105 Å². The number of aliphatic hydroxyl groups is 2. The molecule has 0 saturated carbocycles. The Kier molecular flexibility index (Phi) is 16.5. The molecule has 0 aliphatic rings. The van der Waals surface area contributed by atoms with Crippen molar-refractivity contribution in [2.45, 2.75) is 134 Å². The Hall–Kier alpha value is -0.753. The Bertz CT molecular complexity index is 607. The number of rotatable bonds is 19. The maximum atomic E-state index is 13.1. The number of allylic oxidation sites excluding steroid dienone is 4. The number of nitrogens with zero attached hydrogens (tertiary/aromatic N) is 1. The van der Waals surface area contributed by atoms with Gasteiger partial charge in [0.25, 0.3) is 0 Å². The molecular formula is C29H57NO3Si. The molecule has 0 amide bonds. The molecule has 2 unspecified atom stereocenters. The normalized spacial score (nSPS) is 16.0. The molecule has 0 rings (SSSR count). The zero-order valence-corrected chi connectivity index (χ0v) is 24.8. The molecule has 0 heterocycles. The van der Waals surface area contributed by atoms with E-state index in [1.54, 1.807) is 0 Å². The first-order valence-corrected chi connectivity index (χ1v) is 16.8. The van der Waals surface area contributed by atoms with E-state index in [4.69, 9.17) is 0 Å². The number of carbonyl (C=O) groups is 1. The van der Waals surface area contributed by atoms with Crippen molar-refractivity contribution < 1.29 is 15.0 Å². The summed E-state index contributed by atoms with van der Waals surface area (Å²) in [5, 5.41) is 22.5. The number of unbranched alkanes of at least 4 members (excludes halogenated alkanes) is 8. The summed E-state index contributed by atoms with van der Waals surface area (Å²) >= 11 is 0. The largest absolute Gasteiger partial charge is 0.393 e. The Morgan fingerprint density at radius 2 is 1.38 bits per heavy atom. The van der Waals surface area contributed by atoms with Crippen LogP contribution < -0.4 is 0 Å². The van der Waals surface area contributed by atoms with E-state index < -0.39 is 19.4 Å². The molecule has 0 aliphatic heterocycles. The molecule has 2 N–H and O–H groups in total. The van der Waals surface area contributed by atoms with Crippen LogP contribution in [0.15, 0.2) is 24.3 Å². The van der Waals surface area contributed by atoms with Gasteiger partial charge in [-0.15, -0.1) is 0 Å². The van der Waals surface area contributed by atoms with Gasteiger partial charge in [0.2, 0.25) is 0 Å². The molecule has 0 aromatic heterocycles. The predicted molar refractivity (Wildman–Crippen MR) is 151 cm³/mol. The number of Topliss-reactive ketones (excluding diaryl/α,β-unsaturated/α-hetero) is 1. The highest BCUT2D eigenvalue weighted by atomic mass is 28.3. The van der Waals surface area contributed by atoms with E-state index in [9.17, 15) is 15.0 Å². The quantitative estimate of drug-likeness (QED) is 0.114. The van der Waals surface area contributed by atoms with E-state index in [2.05, 4.69) is 65.1 Å². The van der Waals surface area contributed by atoms with E-state index >= 15 is 0 Å². The topological polar surface area (TPSA) is 60.8 Å². The maximum absolute atomic E-state index is 13.1. The summed E-state index contributed by atoms with van der Waals surface area (Å²) in [5.41, 5.74) is -2.69. The van der Waals surface area contributed by atoms with Crippen molar-refractivity contribution in [3.63, 3.8) is 0 Å². The van der Waals surface area contributed by atoms with Crippen LogP contribution in [0.5, 0.6) is 0 Å². The van der Waals surface area contributed by atoms with Crippen molar-refractivity contribution in [2.75, 3.05) is 20.6 Å². The van der Waals surface area contributed by atoms with Crippen LogP contribution in [0.3, 0.4) is 0 Å². The molecule has 0 saturated heterocycles. The Morgan fingerprint density at radius 3 is 1.88 bits per heavy atom. The molecule has 5 heteroatoms. The summed E-state index contributed by atoms with van der Waals surface area (Å²) in [5.74, 6) is -0.204. The third kappa shape index (κ3) is 12.3. The standard InChI is InChI=1S/C29H57NO3Si/c1-9-10-11-12-13-14-15-16-17-18-19-20-21-22-23-24-26(31)29(33,25-30(5)6)27(32)34(7,8)28(2,3)4/h13-14,16-17,27,32-33H,9-12,15,18-25H2,1-8H3/b14-13-,17-16-. The summed E-state index contributed by atoms with van der Waals surface area (Å²) in [4.78, 5) is 14.9. The van der Waals surface area contributed by atoms with E-state index in [1.165, 1.54) is 38.5 Å². The van der Waals surface area contributed by atoms with Crippen molar-refractivity contribution in [2.24, 2.45) is 0 Å². The first-order chi connectivity index (χ1) is 15.8. The summed E-state index contributed by atoms with van der Waals surface area (Å²) in [7, 11) is 1.37. The van der Waals surface area contributed by atoms with Gasteiger partial charge in [-0.2, -0.15) is 0 Å². The van der Waals surface area contributed by atoms with Crippen LogP contribution in [0, 0.1) is 0 Å². The van der Waals surface area contributed by atoms with Gasteiger partial charge in [-0.25, -0.2) is 0 Å². The van der Waals surface area contributed by atoms with Crippen LogP contribution in [0.4, 0.5) is 0 Å². The molecule has 4 nitrogen and oxygen atoms in total. The second kappa shape index (κ2) is 16.8. The summed E-state index contributed by atoms with van der Waals surface area (Å²) in [6, 6.07) is 0. The molecule has 0 bridgehead atoms. The Balaban J connectivity index is 4.37. The molecule has 200 valence electrons. The number of ketones is 1. The molecule has 0 aromatic carbocycles. The van der Waals surface area contributed by atoms with E-state index in [-0.39, 0.29) is 17.4 Å². The smallest absolute Gasteiger partial charge is 0.168 e. The fourth-order valence-corrected chi connectivity index (χ4v) is 6.40. The lowest BCUT2D eigenvalue weighted by molar-refractivity contribution is -0.147. The van der Waals surface area contributed by atoms with Crippen molar-refractivity contribution in [1.82, 2.24) is 4.90 Å². The molecule has 0 spiro atoms. The minimum absolute atomic E-state index is 0.119. The van der Waals surface area contributed by atoms with Gasteiger partial charge in [0.1, 0.15) is 0 Å². The first kappa shape index (κ1) is 33.2. The lowest BCUT2D eigenvalue weighted by atomic mass is 9.93. The van der Waals surface area contributed by atoms with Gasteiger partial charge in [0, 0.05) is 13.0 Å². The molecule has 2 atom stereocenters. The van der Waals surface area contributed by atoms with Gasteiger partial charge in [-0.1, -0.05) is 97.2 Å². The SMILES string of the molecule is CCCCC/C=C\C/C=C\CCCCCCCC(=O)C(O)(CN(C)C)C(O)[Si](C)(C)C(C)(C)C. The fraction of sp³-hybridized carbons (Fsp3) is 0.828. The van der Waals surface area contributed by atoms with Gasteiger partial charge in [0.05, 0.1) is 13.8 Å². The average molecular weight is 496 g/mol. The van der Waals surface area contributed by atoms with Gasteiger partial charge in [0.15, 0.2) is 11.4 Å². The second-order valence-corrected chi connectivity index (χ2v) is 17.4. The third-order valence-corrected chi connectivity index (χ3v) is 13.2. The molecule has 0 radical (unpaired) electrons. The lowest BCUT2D eigenvalue weighted by Gasteiger charge is -2.47.